The minimum Gasteiger partial charge on any atom is -0.456 e. The van der Waals surface area contributed by atoms with Gasteiger partial charge in [0.25, 0.3) is 0 Å². The van der Waals surface area contributed by atoms with Crippen molar-refractivity contribution in [3.05, 3.63) is 170 Å². The molecule has 0 saturated heterocycles. The molecule has 10 aromatic rings. The maximum Gasteiger partial charge on any atom is 0.161 e. The summed E-state index contributed by atoms with van der Waals surface area (Å²) in [6.07, 6.45) is 0. The Morgan fingerprint density at radius 1 is 0.327 bits per heavy atom. The summed E-state index contributed by atoms with van der Waals surface area (Å²) in [5.41, 5.74) is 8.94. The van der Waals surface area contributed by atoms with E-state index < -0.39 is 0 Å². The Morgan fingerprint density at radius 3 is 1.86 bits per heavy atom. The molecule has 0 aliphatic rings. The lowest BCUT2D eigenvalue weighted by molar-refractivity contribution is 0.669. The summed E-state index contributed by atoms with van der Waals surface area (Å²) in [6.45, 7) is 0. The average molecular weight is 625 g/mol. The van der Waals surface area contributed by atoms with Gasteiger partial charge in [-0.3, -0.25) is 0 Å². The number of furan rings is 1. The zero-order valence-electron chi connectivity index (χ0n) is 26.5. The lowest BCUT2D eigenvalue weighted by atomic mass is 9.92. The third-order valence-electron chi connectivity index (χ3n) is 9.66. The molecule has 49 heavy (non-hydrogen) atoms. The number of nitrogens with zero attached hydrogens (tertiary/aromatic N) is 2. The standard InChI is InChI=1S/C46H28N2O/c1-2-12-30(13-3-1)41-28-42(34-16-10-15-31(25-34)32-22-24-44-40(26-32)37-19-8-9-20-43(37)49-44)48-46(47-41)45-36-18-7-5-14-33(36)27-39-35-17-6-4-11-29(35)21-23-38(39)45/h1-28H. The number of rotatable bonds is 4. The van der Waals surface area contributed by atoms with E-state index in [9.17, 15) is 0 Å². The van der Waals surface area contributed by atoms with Crippen molar-refractivity contribution >= 4 is 54.3 Å². The lowest BCUT2D eigenvalue weighted by Gasteiger charge is -2.15. The first kappa shape index (κ1) is 27.5. The van der Waals surface area contributed by atoms with Crippen LogP contribution in [0.4, 0.5) is 0 Å². The van der Waals surface area contributed by atoms with Crippen molar-refractivity contribution in [2.75, 3.05) is 0 Å². The molecule has 0 aliphatic carbocycles. The van der Waals surface area contributed by atoms with Gasteiger partial charge in [0.2, 0.25) is 0 Å². The van der Waals surface area contributed by atoms with E-state index in [0.717, 1.165) is 71.9 Å². The molecule has 10 rings (SSSR count). The molecule has 0 radical (unpaired) electrons. The molecule has 0 amide bonds. The quantitative estimate of drug-likeness (QED) is 0.144. The van der Waals surface area contributed by atoms with Crippen molar-refractivity contribution in [3.63, 3.8) is 0 Å². The van der Waals surface area contributed by atoms with Gasteiger partial charge in [-0.1, -0.05) is 133 Å². The molecule has 3 nitrogen and oxygen atoms in total. The van der Waals surface area contributed by atoms with E-state index in [0.29, 0.717) is 5.82 Å². The van der Waals surface area contributed by atoms with Crippen LogP contribution in [-0.2, 0) is 0 Å². The molecule has 0 spiro atoms. The molecular weight excluding hydrogens is 597 g/mol. The fraction of sp³-hybridized carbons (Fsp3) is 0. The van der Waals surface area contributed by atoms with Crippen LogP contribution in [0.1, 0.15) is 0 Å². The van der Waals surface area contributed by atoms with Crippen LogP contribution in [0.25, 0.3) is 99.3 Å². The third-order valence-corrected chi connectivity index (χ3v) is 9.66. The highest BCUT2D eigenvalue weighted by Gasteiger charge is 2.18. The molecule has 0 bridgehead atoms. The van der Waals surface area contributed by atoms with Gasteiger partial charge in [-0.25, -0.2) is 9.97 Å². The summed E-state index contributed by atoms with van der Waals surface area (Å²) in [6, 6.07) is 59.7. The van der Waals surface area contributed by atoms with E-state index in [1.807, 2.05) is 18.2 Å². The number of aromatic nitrogens is 2. The second-order valence-electron chi connectivity index (χ2n) is 12.6. The van der Waals surface area contributed by atoms with E-state index in [1.54, 1.807) is 0 Å². The number of benzene rings is 8. The second-order valence-corrected chi connectivity index (χ2v) is 12.6. The van der Waals surface area contributed by atoms with E-state index in [4.69, 9.17) is 14.4 Å². The summed E-state index contributed by atoms with van der Waals surface area (Å²) >= 11 is 0. The third kappa shape index (κ3) is 4.59. The summed E-state index contributed by atoms with van der Waals surface area (Å²) in [7, 11) is 0. The Morgan fingerprint density at radius 2 is 0.980 bits per heavy atom. The van der Waals surface area contributed by atoms with E-state index in [1.165, 1.54) is 21.5 Å². The largest absolute Gasteiger partial charge is 0.456 e. The van der Waals surface area contributed by atoms with Crippen LogP contribution in [0.5, 0.6) is 0 Å². The lowest BCUT2D eigenvalue weighted by Crippen LogP contribution is -1.98. The van der Waals surface area contributed by atoms with Gasteiger partial charge in [-0.05, 0) is 79.8 Å². The van der Waals surface area contributed by atoms with Gasteiger partial charge >= 0.3 is 0 Å². The van der Waals surface area contributed by atoms with Gasteiger partial charge < -0.3 is 4.42 Å². The number of fused-ring (bicyclic) bond motifs is 7. The fourth-order valence-corrected chi connectivity index (χ4v) is 7.29. The first-order chi connectivity index (χ1) is 24.3. The molecule has 0 atom stereocenters. The monoisotopic (exact) mass is 624 g/mol. The Balaban J connectivity index is 1.21. The molecule has 3 heteroatoms. The van der Waals surface area contributed by atoms with Crippen molar-refractivity contribution in [2.45, 2.75) is 0 Å². The normalized spacial score (nSPS) is 11.7. The predicted molar refractivity (Wildman–Crippen MR) is 204 cm³/mol. The Labute approximate surface area is 282 Å². The van der Waals surface area contributed by atoms with Crippen molar-refractivity contribution in [1.29, 1.82) is 0 Å². The van der Waals surface area contributed by atoms with E-state index in [-0.39, 0.29) is 0 Å². The van der Waals surface area contributed by atoms with Crippen LogP contribution >= 0.6 is 0 Å². The highest BCUT2D eigenvalue weighted by Crippen LogP contribution is 2.40. The molecule has 0 fully saturated rings. The van der Waals surface area contributed by atoms with Gasteiger partial charge in [0, 0.05) is 27.5 Å². The Hall–Kier alpha value is -6.58. The summed E-state index contributed by atoms with van der Waals surface area (Å²) in [5, 5.41) is 9.32. The number of hydrogen-bond acceptors (Lipinski definition) is 3. The van der Waals surface area contributed by atoms with Gasteiger partial charge in [0.1, 0.15) is 11.2 Å². The minimum absolute atomic E-state index is 0.713. The predicted octanol–water partition coefficient (Wildman–Crippen LogP) is 12.5. The Bertz CT molecular complexity index is 2890. The smallest absolute Gasteiger partial charge is 0.161 e. The highest BCUT2D eigenvalue weighted by molar-refractivity contribution is 6.19. The zero-order valence-corrected chi connectivity index (χ0v) is 26.5. The van der Waals surface area contributed by atoms with Crippen molar-refractivity contribution in [3.8, 4) is 45.0 Å². The van der Waals surface area contributed by atoms with E-state index in [2.05, 4.69) is 152 Å². The first-order valence-corrected chi connectivity index (χ1v) is 16.6. The van der Waals surface area contributed by atoms with Crippen LogP contribution in [0.3, 0.4) is 0 Å². The van der Waals surface area contributed by atoms with Crippen molar-refractivity contribution < 1.29 is 4.42 Å². The summed E-state index contributed by atoms with van der Waals surface area (Å²) < 4.78 is 6.11. The molecule has 228 valence electrons. The van der Waals surface area contributed by atoms with Crippen LogP contribution in [-0.4, -0.2) is 9.97 Å². The zero-order chi connectivity index (χ0) is 32.3. The number of hydrogen-bond donors (Lipinski definition) is 0. The van der Waals surface area contributed by atoms with Crippen LogP contribution in [0.15, 0.2) is 174 Å². The molecular formula is C46H28N2O. The topological polar surface area (TPSA) is 38.9 Å². The first-order valence-electron chi connectivity index (χ1n) is 16.6. The van der Waals surface area contributed by atoms with Crippen molar-refractivity contribution in [1.82, 2.24) is 9.97 Å². The van der Waals surface area contributed by atoms with Crippen LogP contribution < -0.4 is 0 Å². The van der Waals surface area contributed by atoms with Crippen molar-refractivity contribution in [2.24, 2.45) is 0 Å². The SMILES string of the molecule is c1ccc(-c2cc(-c3cccc(-c4ccc5oc6ccccc6c5c4)c3)nc(-c3c4ccccc4cc4c3ccc3ccccc34)n2)cc1. The maximum absolute atomic E-state index is 6.11. The molecule has 0 N–H and O–H groups in total. The molecule has 0 unspecified atom stereocenters. The summed E-state index contributed by atoms with van der Waals surface area (Å²) in [4.78, 5) is 10.7. The fourth-order valence-electron chi connectivity index (χ4n) is 7.29. The summed E-state index contributed by atoms with van der Waals surface area (Å²) in [5.74, 6) is 0.713. The van der Waals surface area contributed by atoms with E-state index >= 15 is 0 Å². The molecule has 2 heterocycles. The van der Waals surface area contributed by atoms with Crippen LogP contribution in [0, 0.1) is 0 Å². The molecule has 2 aromatic heterocycles. The Kier molecular flexibility index (Phi) is 6.18. The van der Waals surface area contributed by atoms with Gasteiger partial charge in [0.05, 0.1) is 11.4 Å². The average Bonchev–Trinajstić information content (AvgIpc) is 3.55. The van der Waals surface area contributed by atoms with Gasteiger partial charge in [0.15, 0.2) is 5.82 Å². The second kappa shape index (κ2) is 11.0. The van der Waals surface area contributed by atoms with Gasteiger partial charge in [-0.2, -0.15) is 0 Å². The minimum atomic E-state index is 0.713. The van der Waals surface area contributed by atoms with Gasteiger partial charge in [-0.15, -0.1) is 0 Å². The highest BCUT2D eigenvalue weighted by atomic mass is 16.3. The molecule has 0 saturated carbocycles. The molecule has 8 aromatic carbocycles. The van der Waals surface area contributed by atoms with Crippen LogP contribution in [0.2, 0.25) is 0 Å². The number of para-hydroxylation sites is 1. The maximum atomic E-state index is 6.11. The molecule has 0 aliphatic heterocycles.